The summed E-state index contributed by atoms with van der Waals surface area (Å²) in [6.07, 6.45) is -2.72. The van der Waals surface area contributed by atoms with Gasteiger partial charge >= 0.3 is 0 Å². The summed E-state index contributed by atoms with van der Waals surface area (Å²) in [4.78, 5) is 30.0. The Balaban J connectivity index is -0.000000347. The van der Waals surface area contributed by atoms with E-state index in [4.69, 9.17) is 10.2 Å². The SMILES string of the molecule is C[N+](C)(C)CCO.O=C([O-])CC(O)(CC(=O)[O-])C(=O)[O-].[Co]. The second-order valence-corrected chi connectivity index (χ2v) is 5.15. The molecule has 9 nitrogen and oxygen atoms in total. The fraction of sp³-hybridized carbons (Fsp3) is 0.727. The molecule has 0 atom stereocenters. The Hall–Kier alpha value is -1.20. The zero-order valence-electron chi connectivity index (χ0n) is 12.0. The molecule has 0 unspecified atom stereocenters. The van der Waals surface area contributed by atoms with E-state index in [0.29, 0.717) is 0 Å². The van der Waals surface area contributed by atoms with E-state index in [2.05, 4.69) is 21.1 Å². The Morgan fingerprint density at radius 3 is 1.43 bits per heavy atom. The van der Waals surface area contributed by atoms with Crippen LogP contribution in [0.15, 0.2) is 0 Å². The van der Waals surface area contributed by atoms with Gasteiger partial charge in [-0.2, -0.15) is 0 Å². The molecule has 0 aliphatic carbocycles. The van der Waals surface area contributed by atoms with Gasteiger partial charge in [-0.1, -0.05) is 0 Å². The van der Waals surface area contributed by atoms with E-state index >= 15 is 0 Å². The molecule has 0 rings (SSSR count). The first kappa shape index (κ1) is 24.8. The van der Waals surface area contributed by atoms with Gasteiger partial charge in [0.15, 0.2) is 0 Å². The van der Waals surface area contributed by atoms with Crippen LogP contribution in [0.2, 0.25) is 0 Å². The normalized spacial score (nSPS) is 10.7. The van der Waals surface area contributed by atoms with Gasteiger partial charge in [-0.05, 0) is 0 Å². The molecule has 0 heterocycles. The van der Waals surface area contributed by atoms with Crippen LogP contribution in [0.3, 0.4) is 0 Å². The molecule has 0 aromatic carbocycles. The molecule has 0 saturated carbocycles. The minimum Gasteiger partial charge on any atom is -0.550 e. The van der Waals surface area contributed by atoms with Gasteiger partial charge in [0.25, 0.3) is 0 Å². The molecule has 2 N–H and O–H groups in total. The number of likely N-dealkylation sites (N-methyl/N-ethyl adjacent to an activating group) is 1. The van der Waals surface area contributed by atoms with Crippen LogP contribution >= 0.6 is 0 Å². The summed E-state index contributed by atoms with van der Waals surface area (Å²) >= 11 is 0. The van der Waals surface area contributed by atoms with Crippen LogP contribution < -0.4 is 15.3 Å². The van der Waals surface area contributed by atoms with Crippen molar-refractivity contribution in [1.82, 2.24) is 0 Å². The molecule has 0 aliphatic heterocycles. The van der Waals surface area contributed by atoms with E-state index < -0.39 is 36.4 Å². The van der Waals surface area contributed by atoms with Crippen LogP contribution in [0.4, 0.5) is 0 Å². The zero-order chi connectivity index (χ0) is 16.6. The average molecular weight is 352 g/mol. The largest absolute Gasteiger partial charge is 0.550 e. The fourth-order valence-corrected chi connectivity index (χ4v) is 0.984. The van der Waals surface area contributed by atoms with Gasteiger partial charge in [0, 0.05) is 41.6 Å². The number of rotatable bonds is 7. The van der Waals surface area contributed by atoms with Crippen LogP contribution in [0.25, 0.3) is 0 Å². The predicted octanol–water partition coefficient (Wildman–Crippen LogP) is -5.57. The Morgan fingerprint density at radius 1 is 1.00 bits per heavy atom. The van der Waals surface area contributed by atoms with Crippen molar-refractivity contribution in [3.63, 3.8) is 0 Å². The van der Waals surface area contributed by atoms with Crippen molar-refractivity contribution in [3.05, 3.63) is 0 Å². The number of aliphatic carboxylic acids is 3. The van der Waals surface area contributed by atoms with E-state index in [0.717, 1.165) is 11.0 Å². The van der Waals surface area contributed by atoms with Crippen molar-refractivity contribution in [1.29, 1.82) is 0 Å². The molecule has 10 heteroatoms. The van der Waals surface area contributed by atoms with E-state index in [1.54, 1.807) is 0 Å². The Labute approximate surface area is 132 Å². The summed E-state index contributed by atoms with van der Waals surface area (Å²) in [7, 11) is 6.16. The molecule has 0 aromatic rings. The molecule has 0 amide bonds. The van der Waals surface area contributed by atoms with Crippen molar-refractivity contribution in [2.45, 2.75) is 18.4 Å². The molecule has 21 heavy (non-hydrogen) atoms. The number of aliphatic hydroxyl groups excluding tert-OH is 1. The molecule has 127 valence electrons. The third kappa shape index (κ3) is 15.0. The maximum atomic E-state index is 10.1. The van der Waals surface area contributed by atoms with Crippen molar-refractivity contribution >= 4 is 17.9 Å². The average Bonchev–Trinajstić information content (AvgIpc) is 2.12. The number of nitrogens with zero attached hydrogens (tertiary/aromatic N) is 1. The number of hydrogen-bond donors (Lipinski definition) is 2. The number of carboxylic acids is 3. The number of aliphatic hydroxyl groups is 2. The number of quaternary nitrogens is 1. The first-order chi connectivity index (χ1) is 8.84. The number of carboxylic acid groups (broad SMARTS) is 3. The molecule has 0 bridgehead atoms. The maximum absolute atomic E-state index is 10.1. The molecular weight excluding hydrogens is 333 g/mol. The standard InChI is InChI=1S/C6H8O7.C5H14NO.Co/c7-3(8)1-6(13,5(11)12)2-4(9)10;1-6(2,3)4-5-7;/h13H,1-2H2,(H,7,8)(H,9,10)(H,11,12);7H,4-5H2,1-3H3;/q;+1;/p-3. The Kier molecular flexibility index (Phi) is 12.4. The van der Waals surface area contributed by atoms with Crippen LogP contribution in [0.1, 0.15) is 12.8 Å². The van der Waals surface area contributed by atoms with E-state index in [1.807, 2.05) is 0 Å². The second kappa shape index (κ2) is 10.5. The molecule has 0 spiro atoms. The van der Waals surface area contributed by atoms with Gasteiger partial charge in [-0.25, -0.2) is 0 Å². The molecule has 0 aromatic heterocycles. The van der Waals surface area contributed by atoms with Gasteiger partial charge in [0.2, 0.25) is 0 Å². The van der Waals surface area contributed by atoms with Crippen molar-refractivity contribution in [2.24, 2.45) is 0 Å². The predicted molar refractivity (Wildman–Crippen MR) is 59.2 cm³/mol. The summed E-state index contributed by atoms with van der Waals surface area (Å²) < 4.78 is 0.844. The zero-order valence-corrected chi connectivity index (χ0v) is 13.0. The summed E-state index contributed by atoms with van der Waals surface area (Å²) in [5, 5.41) is 47.3. The first-order valence-electron chi connectivity index (χ1n) is 5.59. The Morgan fingerprint density at radius 2 is 1.33 bits per heavy atom. The summed E-state index contributed by atoms with van der Waals surface area (Å²) in [6, 6.07) is 0. The fourth-order valence-electron chi connectivity index (χ4n) is 0.984. The maximum Gasteiger partial charge on any atom is 0.114 e. The van der Waals surface area contributed by atoms with Crippen molar-refractivity contribution in [2.75, 3.05) is 34.3 Å². The number of carbonyl (C=O) groups is 3. The van der Waals surface area contributed by atoms with Gasteiger partial charge in [0.1, 0.15) is 12.1 Å². The van der Waals surface area contributed by atoms with Gasteiger partial charge < -0.3 is 44.4 Å². The second-order valence-electron chi connectivity index (χ2n) is 5.15. The van der Waals surface area contributed by atoms with Crippen LogP contribution in [-0.4, -0.2) is 72.5 Å². The van der Waals surface area contributed by atoms with Crippen LogP contribution in [0, 0.1) is 0 Å². The smallest absolute Gasteiger partial charge is 0.114 e. The van der Waals surface area contributed by atoms with E-state index in [1.165, 1.54) is 0 Å². The summed E-state index contributed by atoms with van der Waals surface area (Å²) in [5.41, 5.74) is -2.97. The van der Waals surface area contributed by atoms with E-state index in [9.17, 15) is 29.7 Å². The number of carbonyl (C=O) groups excluding carboxylic acids is 3. The van der Waals surface area contributed by atoms with Gasteiger partial charge in [-0.15, -0.1) is 0 Å². The first-order valence-corrected chi connectivity index (χ1v) is 5.59. The van der Waals surface area contributed by atoms with Crippen molar-refractivity contribution < 1.29 is 61.2 Å². The topological polar surface area (TPSA) is 161 Å². The summed E-state index contributed by atoms with van der Waals surface area (Å²) in [6.45, 7) is 1.11. The van der Waals surface area contributed by atoms with Gasteiger partial charge in [-0.3, -0.25) is 0 Å². The van der Waals surface area contributed by atoms with E-state index in [-0.39, 0.29) is 23.4 Å². The van der Waals surface area contributed by atoms with Crippen LogP contribution in [-0.2, 0) is 31.2 Å². The third-order valence-corrected chi connectivity index (χ3v) is 2.02. The molecular formula is C11H19CoNO8-2. The minimum absolute atomic E-state index is 0. The number of hydrogen-bond acceptors (Lipinski definition) is 8. The monoisotopic (exact) mass is 352 g/mol. The molecule has 1 radical (unpaired) electrons. The molecule has 0 saturated heterocycles. The van der Waals surface area contributed by atoms with Crippen LogP contribution in [0.5, 0.6) is 0 Å². The molecule has 0 aliphatic rings. The van der Waals surface area contributed by atoms with Gasteiger partial charge in [0.05, 0.1) is 33.7 Å². The summed E-state index contributed by atoms with van der Waals surface area (Å²) in [5.74, 6) is -5.98. The quantitative estimate of drug-likeness (QED) is 0.429. The van der Waals surface area contributed by atoms with Crippen molar-refractivity contribution in [3.8, 4) is 0 Å². The minimum atomic E-state index is -2.97. The molecule has 0 fully saturated rings. The third-order valence-electron chi connectivity index (χ3n) is 2.02. The Bertz CT molecular complexity index is 337.